The van der Waals surface area contributed by atoms with Crippen molar-refractivity contribution in [3.05, 3.63) is 59.8 Å². The van der Waals surface area contributed by atoms with E-state index >= 15 is 0 Å². The largest absolute Gasteiger partial charge is 0.364 e. The Morgan fingerprint density at radius 2 is 1.77 bits per heavy atom. The number of imidazole rings is 1. The van der Waals surface area contributed by atoms with E-state index in [0.29, 0.717) is 5.92 Å². The maximum Gasteiger partial charge on any atom is 0.143 e. The molecular formula is C23H28N8. The van der Waals surface area contributed by atoms with Gasteiger partial charge in [-0.2, -0.15) is 0 Å². The molecule has 5 rings (SSSR count). The molecule has 0 bridgehead atoms. The number of pyridine rings is 1. The number of benzene rings is 1. The number of fused-ring (bicyclic) bond motifs is 1. The van der Waals surface area contributed by atoms with Crippen LogP contribution >= 0.6 is 0 Å². The molecule has 160 valence electrons. The van der Waals surface area contributed by atoms with Crippen LogP contribution in [0.15, 0.2) is 47.7 Å². The topological polar surface area (TPSA) is 73.6 Å². The van der Waals surface area contributed by atoms with Crippen LogP contribution in [-0.4, -0.2) is 26.9 Å². The van der Waals surface area contributed by atoms with Crippen molar-refractivity contribution in [2.45, 2.75) is 46.7 Å². The third-order valence-corrected chi connectivity index (χ3v) is 6.01. The number of nitrogens with one attached hydrogen (secondary N) is 2. The number of hydrogen-bond acceptors (Lipinski definition) is 7. The molecule has 0 aliphatic carbocycles. The van der Waals surface area contributed by atoms with Crippen molar-refractivity contribution >= 4 is 17.2 Å². The number of nitrogens with zero attached hydrogens (tertiary/aromatic N) is 6. The molecule has 4 heterocycles. The van der Waals surface area contributed by atoms with Gasteiger partial charge in [-0.25, -0.2) is 15.5 Å². The Balaban J connectivity index is 1.45. The molecule has 0 saturated heterocycles. The molecule has 2 aromatic heterocycles. The summed E-state index contributed by atoms with van der Waals surface area (Å²) in [5.41, 5.74) is 12.6. The molecule has 8 nitrogen and oxygen atoms in total. The second-order valence-corrected chi connectivity index (χ2v) is 8.35. The Hall–Kier alpha value is -3.39. The molecule has 8 heteroatoms. The second-order valence-electron chi connectivity index (χ2n) is 8.35. The molecule has 0 saturated carbocycles. The van der Waals surface area contributed by atoms with Crippen molar-refractivity contribution < 1.29 is 0 Å². The van der Waals surface area contributed by atoms with Crippen molar-refractivity contribution in [2.75, 3.05) is 16.5 Å². The summed E-state index contributed by atoms with van der Waals surface area (Å²) in [6.07, 6.45) is 1.87. The van der Waals surface area contributed by atoms with Crippen molar-refractivity contribution in [1.29, 1.82) is 0 Å². The maximum atomic E-state index is 4.97. The number of hydrazine groups is 2. The van der Waals surface area contributed by atoms with E-state index in [2.05, 4.69) is 81.7 Å². The molecule has 0 radical (unpaired) electrons. The number of hydrazone groups is 1. The van der Waals surface area contributed by atoms with E-state index in [0.717, 1.165) is 53.9 Å². The molecule has 0 atom stereocenters. The van der Waals surface area contributed by atoms with E-state index < -0.39 is 0 Å². The zero-order valence-electron chi connectivity index (χ0n) is 18.4. The third kappa shape index (κ3) is 3.42. The number of rotatable bonds is 4. The first-order chi connectivity index (χ1) is 15.0. The molecule has 0 spiro atoms. The van der Waals surface area contributed by atoms with Gasteiger partial charge in [0.25, 0.3) is 0 Å². The van der Waals surface area contributed by atoms with Gasteiger partial charge in [-0.1, -0.05) is 13.8 Å². The smallest absolute Gasteiger partial charge is 0.143 e. The van der Waals surface area contributed by atoms with Crippen LogP contribution < -0.4 is 21.0 Å². The van der Waals surface area contributed by atoms with Gasteiger partial charge in [-0.15, -0.1) is 10.6 Å². The van der Waals surface area contributed by atoms with Crippen LogP contribution in [0, 0.1) is 6.92 Å². The Morgan fingerprint density at radius 1 is 1.00 bits per heavy atom. The highest BCUT2D eigenvalue weighted by atomic mass is 15.8. The molecule has 0 unspecified atom stereocenters. The molecule has 1 aromatic carbocycles. The summed E-state index contributed by atoms with van der Waals surface area (Å²) in [5, 5.41) is 6.07. The Bertz CT molecular complexity index is 1130. The van der Waals surface area contributed by atoms with E-state index in [1.54, 1.807) is 0 Å². The Labute approximate surface area is 182 Å². The van der Waals surface area contributed by atoms with E-state index in [1.807, 2.05) is 24.2 Å². The van der Waals surface area contributed by atoms with Crippen LogP contribution in [-0.2, 0) is 13.1 Å². The summed E-state index contributed by atoms with van der Waals surface area (Å²) in [6, 6.07) is 12.7. The summed E-state index contributed by atoms with van der Waals surface area (Å²) < 4.78 is 2.36. The van der Waals surface area contributed by atoms with Gasteiger partial charge in [-0.3, -0.25) is 4.98 Å². The number of hydrogen-bond donors (Lipinski definition) is 2. The lowest BCUT2D eigenvalue weighted by molar-refractivity contribution is 0.560. The van der Waals surface area contributed by atoms with Crippen molar-refractivity contribution in [2.24, 2.45) is 5.10 Å². The highest BCUT2D eigenvalue weighted by Crippen LogP contribution is 2.33. The quantitative estimate of drug-likeness (QED) is 0.678. The van der Waals surface area contributed by atoms with E-state index in [-0.39, 0.29) is 0 Å². The van der Waals surface area contributed by atoms with Crippen molar-refractivity contribution in [3.8, 4) is 11.3 Å². The summed E-state index contributed by atoms with van der Waals surface area (Å²) >= 11 is 0. The first-order valence-electron chi connectivity index (χ1n) is 10.7. The second kappa shape index (κ2) is 7.70. The number of amidine groups is 1. The van der Waals surface area contributed by atoms with Gasteiger partial charge < -0.3 is 9.47 Å². The van der Waals surface area contributed by atoms with Crippen LogP contribution in [0.5, 0.6) is 0 Å². The number of aryl methyl sites for hydroxylation is 1. The number of aromatic nitrogens is 3. The van der Waals surface area contributed by atoms with Gasteiger partial charge in [-0.05, 0) is 56.2 Å². The molecular weight excluding hydrogens is 388 g/mol. The predicted octanol–water partition coefficient (Wildman–Crippen LogP) is 3.56. The summed E-state index contributed by atoms with van der Waals surface area (Å²) in [6.45, 7) is 11.1. The molecule has 0 fully saturated rings. The standard InChI is InChI=1S/C23H28N8/c1-15(2)22-20(6-5-11-24-22)23-21-14-29(12-13-30(21)16(3)25-23)18-7-9-19(10-8-18)31-17(4)26-27-28-31/h5-11,15,27-28H,12-14H2,1-4H3. The predicted molar refractivity (Wildman–Crippen MR) is 124 cm³/mol. The van der Waals surface area contributed by atoms with E-state index in [9.17, 15) is 0 Å². The molecule has 2 aliphatic rings. The van der Waals surface area contributed by atoms with Gasteiger partial charge in [0.1, 0.15) is 11.7 Å². The zero-order valence-corrected chi connectivity index (χ0v) is 18.4. The SMILES string of the molecule is CC1=NNNN1c1ccc(N2CCn3c(C)nc(-c4cccnc4C(C)C)c3C2)cc1. The summed E-state index contributed by atoms with van der Waals surface area (Å²) in [7, 11) is 0. The summed E-state index contributed by atoms with van der Waals surface area (Å²) in [4.78, 5) is 12.0. The first-order valence-corrected chi connectivity index (χ1v) is 10.7. The van der Waals surface area contributed by atoms with Gasteiger partial charge in [0.05, 0.1) is 29.3 Å². The van der Waals surface area contributed by atoms with Crippen LogP contribution in [0.1, 0.15) is 43.9 Å². The molecule has 31 heavy (non-hydrogen) atoms. The normalized spacial score (nSPS) is 15.8. The molecule has 2 N–H and O–H groups in total. The fourth-order valence-corrected chi connectivity index (χ4v) is 4.41. The molecule has 2 aliphatic heterocycles. The lowest BCUT2D eigenvalue weighted by Gasteiger charge is -2.31. The van der Waals surface area contributed by atoms with Gasteiger partial charge in [0.2, 0.25) is 0 Å². The minimum absolute atomic E-state index is 0.349. The minimum Gasteiger partial charge on any atom is -0.364 e. The van der Waals surface area contributed by atoms with Crippen LogP contribution in [0.2, 0.25) is 0 Å². The Morgan fingerprint density at radius 3 is 2.48 bits per heavy atom. The highest BCUT2D eigenvalue weighted by molar-refractivity contribution is 5.96. The number of anilines is 2. The fraction of sp³-hybridized carbons (Fsp3) is 0.348. The first kappa shape index (κ1) is 19.6. The third-order valence-electron chi connectivity index (χ3n) is 6.01. The van der Waals surface area contributed by atoms with E-state index in [1.165, 1.54) is 11.4 Å². The summed E-state index contributed by atoms with van der Waals surface area (Å²) in [5.74, 6) is 2.30. The van der Waals surface area contributed by atoms with Crippen LogP contribution in [0.3, 0.4) is 0 Å². The molecule has 3 aromatic rings. The van der Waals surface area contributed by atoms with Crippen LogP contribution in [0.4, 0.5) is 11.4 Å². The monoisotopic (exact) mass is 416 g/mol. The fourth-order valence-electron chi connectivity index (χ4n) is 4.41. The average Bonchev–Trinajstić information content (AvgIpc) is 3.36. The highest BCUT2D eigenvalue weighted by Gasteiger charge is 2.26. The van der Waals surface area contributed by atoms with E-state index in [4.69, 9.17) is 4.98 Å². The maximum absolute atomic E-state index is 4.97. The van der Waals surface area contributed by atoms with Crippen LogP contribution in [0.25, 0.3) is 11.3 Å². The minimum atomic E-state index is 0.349. The van der Waals surface area contributed by atoms with Gasteiger partial charge in [0, 0.05) is 30.5 Å². The zero-order chi connectivity index (χ0) is 21.5. The Kier molecular flexibility index (Phi) is 4.86. The van der Waals surface area contributed by atoms with Crippen molar-refractivity contribution in [1.82, 2.24) is 25.6 Å². The van der Waals surface area contributed by atoms with Gasteiger partial charge in [0.15, 0.2) is 0 Å². The average molecular weight is 417 g/mol. The van der Waals surface area contributed by atoms with Crippen molar-refractivity contribution in [3.63, 3.8) is 0 Å². The van der Waals surface area contributed by atoms with Gasteiger partial charge >= 0.3 is 0 Å². The lowest BCUT2D eigenvalue weighted by atomic mass is 10.00. The lowest BCUT2D eigenvalue weighted by Crippen LogP contribution is -2.40. The molecule has 0 amide bonds.